The van der Waals surface area contributed by atoms with Gasteiger partial charge in [-0.05, 0) is 18.9 Å². The van der Waals surface area contributed by atoms with Gasteiger partial charge >= 0.3 is 0 Å². The van der Waals surface area contributed by atoms with Crippen molar-refractivity contribution in [2.75, 3.05) is 11.9 Å². The lowest BCUT2D eigenvalue weighted by molar-refractivity contribution is 0.954. The smallest absolute Gasteiger partial charge is 0.0397 e. The standard InChI is InChI=1S/C11H14BrN/c1-10-3-5-11(6-4-10)9-13-8-2-7-12/h3-6,9H,2,7-8H2,1H3/b13-9+. The highest BCUT2D eigenvalue weighted by molar-refractivity contribution is 9.09. The molecule has 0 heterocycles. The van der Waals surface area contributed by atoms with Crippen LogP contribution >= 0.6 is 15.9 Å². The van der Waals surface area contributed by atoms with Gasteiger partial charge in [-0.2, -0.15) is 0 Å². The number of nitrogens with zero attached hydrogens (tertiary/aromatic N) is 1. The second-order valence-electron chi connectivity index (χ2n) is 2.99. The van der Waals surface area contributed by atoms with E-state index in [2.05, 4.69) is 52.1 Å². The highest BCUT2D eigenvalue weighted by Crippen LogP contribution is 2.00. The van der Waals surface area contributed by atoms with Crippen LogP contribution in [0.2, 0.25) is 0 Å². The Morgan fingerprint density at radius 1 is 1.31 bits per heavy atom. The highest BCUT2D eigenvalue weighted by Gasteiger charge is 1.86. The molecule has 0 spiro atoms. The Kier molecular flexibility index (Phi) is 4.76. The summed E-state index contributed by atoms with van der Waals surface area (Å²) < 4.78 is 0. The average molecular weight is 240 g/mol. The van der Waals surface area contributed by atoms with Crippen molar-refractivity contribution >= 4 is 22.1 Å². The first-order valence-electron chi connectivity index (χ1n) is 4.45. The van der Waals surface area contributed by atoms with Crippen LogP contribution in [0.4, 0.5) is 0 Å². The van der Waals surface area contributed by atoms with E-state index in [-0.39, 0.29) is 0 Å². The largest absolute Gasteiger partial charge is 0.293 e. The molecule has 0 aliphatic rings. The number of hydrogen-bond donors (Lipinski definition) is 0. The monoisotopic (exact) mass is 239 g/mol. The summed E-state index contributed by atoms with van der Waals surface area (Å²) in [6.45, 7) is 2.99. The minimum Gasteiger partial charge on any atom is -0.293 e. The normalized spacial score (nSPS) is 10.9. The van der Waals surface area contributed by atoms with Crippen LogP contribution in [-0.2, 0) is 0 Å². The zero-order valence-electron chi connectivity index (χ0n) is 7.83. The summed E-state index contributed by atoms with van der Waals surface area (Å²) in [6.07, 6.45) is 3.03. The predicted octanol–water partition coefficient (Wildman–Crippen LogP) is 3.20. The molecule has 0 fully saturated rings. The van der Waals surface area contributed by atoms with Crippen LogP contribution in [0.15, 0.2) is 29.3 Å². The maximum atomic E-state index is 4.31. The van der Waals surface area contributed by atoms with Crippen LogP contribution in [-0.4, -0.2) is 18.1 Å². The van der Waals surface area contributed by atoms with E-state index < -0.39 is 0 Å². The molecule has 1 nitrogen and oxygen atoms in total. The minimum atomic E-state index is 0.902. The number of aryl methyl sites for hydroxylation is 1. The van der Waals surface area contributed by atoms with Crippen molar-refractivity contribution in [1.29, 1.82) is 0 Å². The van der Waals surface area contributed by atoms with Gasteiger partial charge in [0.25, 0.3) is 0 Å². The number of rotatable bonds is 4. The molecule has 0 saturated heterocycles. The lowest BCUT2D eigenvalue weighted by atomic mass is 10.2. The molecule has 0 aliphatic carbocycles. The average Bonchev–Trinajstić information content (AvgIpc) is 2.15. The van der Waals surface area contributed by atoms with Gasteiger partial charge in [0.1, 0.15) is 0 Å². The van der Waals surface area contributed by atoms with Gasteiger partial charge in [-0.15, -0.1) is 0 Å². The van der Waals surface area contributed by atoms with Crippen LogP contribution in [0.5, 0.6) is 0 Å². The molecule has 0 unspecified atom stereocenters. The van der Waals surface area contributed by atoms with E-state index in [1.807, 2.05) is 6.21 Å². The van der Waals surface area contributed by atoms with Crippen molar-refractivity contribution in [2.24, 2.45) is 4.99 Å². The zero-order chi connectivity index (χ0) is 9.52. The van der Waals surface area contributed by atoms with Gasteiger partial charge in [0.15, 0.2) is 0 Å². The van der Waals surface area contributed by atoms with Crippen molar-refractivity contribution in [2.45, 2.75) is 13.3 Å². The minimum absolute atomic E-state index is 0.902. The first kappa shape index (κ1) is 10.5. The quantitative estimate of drug-likeness (QED) is 0.435. The summed E-state index contributed by atoms with van der Waals surface area (Å²) >= 11 is 3.37. The van der Waals surface area contributed by atoms with Gasteiger partial charge < -0.3 is 0 Å². The number of halogens is 1. The molecule has 13 heavy (non-hydrogen) atoms. The summed E-state index contributed by atoms with van der Waals surface area (Å²) in [4.78, 5) is 4.31. The van der Waals surface area contributed by atoms with Gasteiger partial charge in [-0.3, -0.25) is 4.99 Å². The van der Waals surface area contributed by atoms with Crippen LogP contribution in [0.1, 0.15) is 17.5 Å². The van der Waals surface area contributed by atoms with Crippen LogP contribution in [0.3, 0.4) is 0 Å². The Hall–Kier alpha value is -0.630. The Labute approximate surface area is 88.0 Å². The van der Waals surface area contributed by atoms with Gasteiger partial charge in [0, 0.05) is 18.1 Å². The van der Waals surface area contributed by atoms with Crippen LogP contribution in [0.25, 0.3) is 0 Å². The second-order valence-corrected chi connectivity index (χ2v) is 3.78. The molecule has 0 aliphatic heterocycles. The van der Waals surface area contributed by atoms with E-state index in [1.54, 1.807) is 0 Å². The van der Waals surface area contributed by atoms with Gasteiger partial charge in [-0.1, -0.05) is 45.8 Å². The molecule has 0 bridgehead atoms. The van der Waals surface area contributed by atoms with Crippen LogP contribution < -0.4 is 0 Å². The fourth-order valence-electron chi connectivity index (χ4n) is 0.974. The highest BCUT2D eigenvalue weighted by atomic mass is 79.9. The lowest BCUT2D eigenvalue weighted by Crippen LogP contribution is -1.85. The van der Waals surface area contributed by atoms with E-state index in [9.17, 15) is 0 Å². The summed E-state index contributed by atoms with van der Waals surface area (Å²) in [5.41, 5.74) is 2.47. The Balaban J connectivity index is 2.44. The fraction of sp³-hybridized carbons (Fsp3) is 0.364. The molecule has 0 N–H and O–H groups in total. The van der Waals surface area contributed by atoms with Gasteiger partial charge in [0.05, 0.1) is 0 Å². The van der Waals surface area contributed by atoms with E-state index in [0.717, 1.165) is 18.3 Å². The lowest BCUT2D eigenvalue weighted by Gasteiger charge is -1.94. The molecule has 1 aromatic carbocycles. The molecule has 70 valence electrons. The van der Waals surface area contributed by atoms with Crippen molar-refractivity contribution < 1.29 is 0 Å². The van der Waals surface area contributed by atoms with Crippen molar-refractivity contribution in [3.05, 3.63) is 35.4 Å². The number of aliphatic imine (C=N–C) groups is 1. The number of hydrogen-bond acceptors (Lipinski definition) is 1. The number of alkyl halides is 1. The third-order valence-electron chi connectivity index (χ3n) is 1.74. The SMILES string of the molecule is Cc1ccc(/C=N/CCCBr)cc1. The van der Waals surface area contributed by atoms with Crippen molar-refractivity contribution in [3.63, 3.8) is 0 Å². The molecular weight excluding hydrogens is 226 g/mol. The van der Waals surface area contributed by atoms with E-state index in [0.29, 0.717) is 0 Å². The fourth-order valence-corrected chi connectivity index (χ4v) is 1.22. The van der Waals surface area contributed by atoms with E-state index in [1.165, 1.54) is 11.1 Å². The summed E-state index contributed by atoms with van der Waals surface area (Å²) in [5.74, 6) is 0. The second kappa shape index (κ2) is 5.92. The summed E-state index contributed by atoms with van der Waals surface area (Å²) in [7, 11) is 0. The first-order valence-corrected chi connectivity index (χ1v) is 5.57. The zero-order valence-corrected chi connectivity index (χ0v) is 9.42. The molecule has 2 heteroatoms. The predicted molar refractivity (Wildman–Crippen MR) is 62.1 cm³/mol. The molecule has 1 aromatic rings. The van der Waals surface area contributed by atoms with Crippen molar-refractivity contribution in [3.8, 4) is 0 Å². The number of benzene rings is 1. The third-order valence-corrected chi connectivity index (χ3v) is 2.30. The molecule has 0 radical (unpaired) electrons. The van der Waals surface area contributed by atoms with Crippen molar-refractivity contribution in [1.82, 2.24) is 0 Å². The summed E-state index contributed by atoms with van der Waals surface area (Å²) in [6, 6.07) is 8.39. The maximum absolute atomic E-state index is 4.31. The molecule has 0 saturated carbocycles. The molecule has 0 aromatic heterocycles. The maximum Gasteiger partial charge on any atom is 0.0397 e. The van der Waals surface area contributed by atoms with E-state index >= 15 is 0 Å². The van der Waals surface area contributed by atoms with Gasteiger partial charge in [0.2, 0.25) is 0 Å². The Morgan fingerprint density at radius 3 is 2.62 bits per heavy atom. The third kappa shape index (κ3) is 4.23. The molecule has 0 amide bonds. The topological polar surface area (TPSA) is 12.4 Å². The van der Waals surface area contributed by atoms with E-state index in [4.69, 9.17) is 0 Å². The first-order chi connectivity index (χ1) is 6.33. The Bertz CT molecular complexity index is 264. The van der Waals surface area contributed by atoms with Crippen LogP contribution in [0, 0.1) is 6.92 Å². The van der Waals surface area contributed by atoms with Gasteiger partial charge in [-0.25, -0.2) is 0 Å². The summed E-state index contributed by atoms with van der Waals surface area (Å²) in [5, 5.41) is 1.03. The molecular formula is C11H14BrN. The molecule has 1 rings (SSSR count). The molecule has 0 atom stereocenters. The Morgan fingerprint density at radius 2 is 2.00 bits per heavy atom.